The van der Waals surface area contributed by atoms with Crippen molar-refractivity contribution in [3.8, 4) is 0 Å². The maximum Gasteiger partial charge on any atom is 0.504 e. The molecule has 220 valence electrons. The lowest BCUT2D eigenvalue weighted by atomic mass is 10.1. The van der Waals surface area contributed by atoms with Crippen LogP contribution in [-0.2, 0) is 25.6 Å². The van der Waals surface area contributed by atoms with Crippen molar-refractivity contribution in [2.24, 2.45) is 0 Å². The zero-order chi connectivity index (χ0) is 29.8. The fourth-order valence-corrected chi connectivity index (χ4v) is 21.1. The largest absolute Gasteiger partial charge is 0.504 e. The molecule has 1 unspecified atom stereocenters. The molecule has 0 radical (unpaired) electrons. The Morgan fingerprint density at radius 2 is 1.05 bits per heavy atom. The zero-order valence-electron chi connectivity index (χ0n) is 27.1. The summed E-state index contributed by atoms with van der Waals surface area (Å²) in [6.07, 6.45) is 4.17. The van der Waals surface area contributed by atoms with Gasteiger partial charge < -0.3 is 25.6 Å². The highest BCUT2D eigenvalue weighted by molar-refractivity contribution is 6.87. The molecule has 1 aromatic rings. The average molecular weight is 649 g/mol. The molecule has 0 bridgehead atoms. The molecule has 0 aromatic heterocycles. The van der Waals surface area contributed by atoms with E-state index in [4.69, 9.17) is 25.6 Å². The van der Waals surface area contributed by atoms with Gasteiger partial charge in [0.15, 0.2) is 53.1 Å². The standard InChI is InChI=1S/C25H56O6Si7/c1-33(2,3)26-24(38(29-32,30-36(10,11)12)31-37(13,14)15)25(27-34(4,5)6,28-35(7,8)9)22-21-23-19-17-16-18-20-23/h16-22,24H,1-15,32H3. The summed E-state index contributed by atoms with van der Waals surface area (Å²) in [5.74, 6) is -1.22. The van der Waals surface area contributed by atoms with Crippen LogP contribution in [0.4, 0.5) is 0 Å². The van der Waals surface area contributed by atoms with Crippen LogP contribution in [0.15, 0.2) is 36.4 Å². The van der Waals surface area contributed by atoms with Crippen LogP contribution >= 0.6 is 0 Å². The van der Waals surface area contributed by atoms with Crippen LogP contribution in [0.1, 0.15) is 5.56 Å². The van der Waals surface area contributed by atoms with Gasteiger partial charge >= 0.3 is 8.80 Å². The molecule has 1 rings (SSSR count). The van der Waals surface area contributed by atoms with Crippen LogP contribution in [0.25, 0.3) is 6.08 Å². The van der Waals surface area contributed by atoms with E-state index in [1.807, 2.05) is 18.2 Å². The van der Waals surface area contributed by atoms with Crippen molar-refractivity contribution in [1.82, 2.24) is 0 Å². The lowest BCUT2D eigenvalue weighted by Crippen LogP contribution is -2.74. The van der Waals surface area contributed by atoms with Gasteiger partial charge in [0.25, 0.3) is 0 Å². The Kier molecular flexibility index (Phi) is 12.4. The Morgan fingerprint density at radius 3 is 1.37 bits per heavy atom. The molecule has 0 aliphatic heterocycles. The Labute approximate surface area is 243 Å². The fraction of sp³-hybridized carbons (Fsp3) is 0.680. The maximum absolute atomic E-state index is 7.17. The molecule has 0 fully saturated rings. The van der Waals surface area contributed by atoms with Crippen LogP contribution in [0, 0.1) is 0 Å². The zero-order valence-corrected chi connectivity index (χ0v) is 35.1. The summed E-state index contributed by atoms with van der Waals surface area (Å²) in [6.45, 7) is 32.9. The minimum absolute atomic E-state index is 0.448. The first-order valence-electron chi connectivity index (χ1n) is 13.6. The topological polar surface area (TPSA) is 55.4 Å². The lowest BCUT2D eigenvalue weighted by Gasteiger charge is -2.53. The molecule has 0 saturated heterocycles. The second kappa shape index (κ2) is 13.0. The van der Waals surface area contributed by atoms with Crippen molar-refractivity contribution in [2.45, 2.75) is 110 Å². The first-order chi connectivity index (χ1) is 16.8. The smallest absolute Gasteiger partial charge is 0.424 e. The SMILES string of the molecule is C[Si](C)(C)OC(C(C=Cc1ccccc1)(O[Si](C)(C)C)O[Si](C)(C)C)[Si](O[SiH3])(O[Si](C)(C)C)O[Si](C)(C)C. The van der Waals surface area contributed by atoms with Gasteiger partial charge in [-0.25, -0.2) is 0 Å². The number of benzene rings is 1. The summed E-state index contributed by atoms with van der Waals surface area (Å²) in [5, 5.41) is 0. The molecule has 0 aliphatic rings. The molecule has 38 heavy (non-hydrogen) atoms. The molecule has 0 heterocycles. The van der Waals surface area contributed by atoms with Crippen molar-refractivity contribution in [3.05, 3.63) is 42.0 Å². The first kappa shape index (κ1) is 36.3. The fourth-order valence-electron chi connectivity index (χ4n) is 3.94. The summed E-state index contributed by atoms with van der Waals surface area (Å²) >= 11 is 0. The van der Waals surface area contributed by atoms with E-state index < -0.39 is 61.9 Å². The molecule has 0 spiro atoms. The van der Waals surface area contributed by atoms with Crippen molar-refractivity contribution in [1.29, 1.82) is 0 Å². The maximum atomic E-state index is 7.17. The third-order valence-corrected chi connectivity index (χ3v) is 18.2. The van der Waals surface area contributed by atoms with Crippen LogP contribution in [0.3, 0.4) is 0 Å². The molecule has 0 N–H and O–H groups in total. The highest BCUT2D eigenvalue weighted by Gasteiger charge is 2.65. The molecule has 1 aromatic carbocycles. The predicted molar refractivity (Wildman–Crippen MR) is 181 cm³/mol. The summed E-state index contributed by atoms with van der Waals surface area (Å²) in [6, 6.07) is 10.3. The number of hydrogen-bond acceptors (Lipinski definition) is 6. The van der Waals surface area contributed by atoms with Gasteiger partial charge in [-0.05, 0) is 110 Å². The van der Waals surface area contributed by atoms with E-state index in [1.165, 1.54) is 0 Å². The quantitative estimate of drug-likeness (QED) is 0.154. The Morgan fingerprint density at radius 1 is 0.632 bits per heavy atom. The van der Waals surface area contributed by atoms with E-state index in [1.54, 1.807) is 0 Å². The van der Waals surface area contributed by atoms with Gasteiger partial charge in [0.05, 0.1) is 0 Å². The minimum atomic E-state index is -3.51. The lowest BCUT2D eigenvalue weighted by molar-refractivity contribution is -0.143. The van der Waals surface area contributed by atoms with Gasteiger partial charge in [0.2, 0.25) is 0 Å². The molecular weight excluding hydrogens is 593 g/mol. The Hall–Kier alpha value is 0.238. The molecule has 0 aliphatic carbocycles. The summed E-state index contributed by atoms with van der Waals surface area (Å²) in [4.78, 5) is 0. The average Bonchev–Trinajstić information content (AvgIpc) is 2.65. The van der Waals surface area contributed by atoms with Gasteiger partial charge in [0.1, 0.15) is 10.5 Å². The van der Waals surface area contributed by atoms with Crippen LogP contribution < -0.4 is 0 Å². The molecule has 6 nitrogen and oxygen atoms in total. The summed E-state index contributed by atoms with van der Waals surface area (Å²) in [7, 11) is -14.0. The van der Waals surface area contributed by atoms with E-state index in [9.17, 15) is 0 Å². The third-order valence-electron chi connectivity index (χ3n) is 4.58. The van der Waals surface area contributed by atoms with E-state index >= 15 is 0 Å². The predicted octanol–water partition coefficient (Wildman–Crippen LogP) is 6.80. The van der Waals surface area contributed by atoms with E-state index in [0.717, 1.165) is 5.56 Å². The number of hydrogen-bond donors (Lipinski definition) is 0. The molecular formula is C25H56O6Si7. The summed E-state index contributed by atoms with van der Waals surface area (Å²) < 4.78 is 42.3. The highest BCUT2D eigenvalue weighted by Crippen LogP contribution is 2.40. The van der Waals surface area contributed by atoms with Crippen LogP contribution in [0.5, 0.6) is 0 Å². The van der Waals surface area contributed by atoms with Crippen molar-refractivity contribution >= 4 is 67.0 Å². The van der Waals surface area contributed by atoms with Gasteiger partial charge in [-0.3, -0.25) is 0 Å². The monoisotopic (exact) mass is 648 g/mol. The van der Waals surface area contributed by atoms with Crippen LogP contribution in [0.2, 0.25) is 98.2 Å². The second-order valence-corrected chi connectivity index (χ2v) is 41.5. The van der Waals surface area contributed by atoms with Crippen molar-refractivity contribution < 1.29 is 25.6 Å². The molecule has 0 saturated carbocycles. The molecule has 0 amide bonds. The Balaban J connectivity index is 4.19. The van der Waals surface area contributed by atoms with E-state index in [-0.39, 0.29) is 0 Å². The van der Waals surface area contributed by atoms with E-state index in [2.05, 4.69) is 122 Å². The summed E-state index contributed by atoms with van der Waals surface area (Å²) in [5.41, 5.74) is 0.411. The molecule has 1 atom stereocenters. The van der Waals surface area contributed by atoms with Crippen molar-refractivity contribution in [3.63, 3.8) is 0 Å². The highest BCUT2D eigenvalue weighted by atomic mass is 28.5. The normalized spacial score (nSPS) is 15.9. The van der Waals surface area contributed by atoms with E-state index in [0.29, 0.717) is 10.5 Å². The Bertz CT molecular complexity index is 862. The van der Waals surface area contributed by atoms with Crippen LogP contribution in [-0.4, -0.2) is 72.4 Å². The second-order valence-electron chi connectivity index (χ2n) is 14.7. The first-order valence-corrected chi connectivity index (χ1v) is 33.2. The van der Waals surface area contributed by atoms with Gasteiger partial charge in [-0.2, -0.15) is 0 Å². The minimum Gasteiger partial charge on any atom is -0.424 e. The van der Waals surface area contributed by atoms with Gasteiger partial charge in [-0.1, -0.05) is 36.4 Å². The molecule has 13 heteroatoms. The van der Waals surface area contributed by atoms with Gasteiger partial charge in [0, 0.05) is 0 Å². The van der Waals surface area contributed by atoms with Gasteiger partial charge in [-0.15, -0.1) is 0 Å². The van der Waals surface area contributed by atoms with Crippen molar-refractivity contribution in [2.75, 3.05) is 0 Å². The number of rotatable bonds is 15. The third kappa shape index (κ3) is 13.3.